The van der Waals surface area contributed by atoms with Crippen LogP contribution in [0.1, 0.15) is 34.6 Å². The second-order valence-corrected chi connectivity index (χ2v) is 7.01. The Balaban J connectivity index is 2.09. The van der Waals surface area contributed by atoms with Crippen LogP contribution in [0, 0.1) is 0 Å². The lowest BCUT2D eigenvalue weighted by molar-refractivity contribution is 0.0926. The van der Waals surface area contributed by atoms with Crippen LogP contribution in [-0.4, -0.2) is 30.3 Å². The van der Waals surface area contributed by atoms with Crippen molar-refractivity contribution in [1.29, 1.82) is 0 Å². The van der Waals surface area contributed by atoms with E-state index in [0.717, 1.165) is 10.6 Å². The first kappa shape index (κ1) is 19.0. The smallest absolute Gasteiger partial charge is 0.414 e. The van der Waals surface area contributed by atoms with E-state index in [9.17, 15) is 14.4 Å². The molecule has 0 aliphatic heterocycles. The van der Waals surface area contributed by atoms with Crippen LogP contribution in [0.5, 0.6) is 0 Å². The van der Waals surface area contributed by atoms with Crippen LogP contribution >= 0.6 is 23.1 Å². The third-order valence-electron chi connectivity index (χ3n) is 3.04. The highest BCUT2D eigenvalue weighted by Crippen LogP contribution is 2.25. The van der Waals surface area contributed by atoms with Crippen LogP contribution in [0.4, 0.5) is 9.80 Å². The highest BCUT2D eigenvalue weighted by Gasteiger charge is 2.18. The number of ether oxygens (including phenoxy) is 1. The molecule has 0 aliphatic rings. The summed E-state index contributed by atoms with van der Waals surface area (Å²) in [6.07, 6.45) is -0.819. The minimum absolute atomic E-state index is 0.165. The SMILES string of the molecule is CCOC(=O)NC(=O)c1ccsc1NC(=O)c1cccc(SCC)c1. The molecule has 0 fully saturated rings. The summed E-state index contributed by atoms with van der Waals surface area (Å²) in [5.74, 6) is -0.0229. The number of hydrogen-bond donors (Lipinski definition) is 2. The first-order chi connectivity index (χ1) is 12.0. The summed E-state index contributed by atoms with van der Waals surface area (Å²) in [4.78, 5) is 36.9. The number of carbonyl (C=O) groups is 3. The lowest BCUT2D eigenvalue weighted by Gasteiger charge is -2.08. The number of thiophene rings is 1. The Kier molecular flexibility index (Phi) is 7.03. The zero-order valence-electron chi connectivity index (χ0n) is 13.8. The number of rotatable bonds is 6. The second-order valence-electron chi connectivity index (χ2n) is 4.75. The van der Waals surface area contributed by atoms with Gasteiger partial charge < -0.3 is 10.1 Å². The molecule has 0 atom stereocenters. The van der Waals surface area contributed by atoms with Gasteiger partial charge in [-0.1, -0.05) is 13.0 Å². The summed E-state index contributed by atoms with van der Waals surface area (Å²) in [6, 6.07) is 8.80. The molecule has 2 rings (SSSR count). The zero-order chi connectivity index (χ0) is 18.2. The maximum Gasteiger partial charge on any atom is 0.414 e. The topological polar surface area (TPSA) is 84.5 Å². The van der Waals surface area contributed by atoms with Crippen molar-refractivity contribution in [2.45, 2.75) is 18.7 Å². The molecular weight excluding hydrogens is 360 g/mol. The first-order valence-corrected chi connectivity index (χ1v) is 9.51. The van der Waals surface area contributed by atoms with Gasteiger partial charge in [-0.15, -0.1) is 23.1 Å². The van der Waals surface area contributed by atoms with E-state index in [1.807, 2.05) is 19.1 Å². The minimum Gasteiger partial charge on any atom is -0.450 e. The van der Waals surface area contributed by atoms with E-state index in [2.05, 4.69) is 15.4 Å². The van der Waals surface area contributed by atoms with E-state index < -0.39 is 12.0 Å². The molecule has 0 saturated carbocycles. The molecule has 6 nitrogen and oxygen atoms in total. The monoisotopic (exact) mass is 378 g/mol. The number of anilines is 1. The van der Waals surface area contributed by atoms with Crippen molar-refractivity contribution in [2.24, 2.45) is 0 Å². The first-order valence-electron chi connectivity index (χ1n) is 7.65. The number of hydrogen-bond acceptors (Lipinski definition) is 6. The Hall–Kier alpha value is -2.32. The average molecular weight is 378 g/mol. The standard InChI is InChI=1S/C17H18N2O4S2/c1-3-23-17(22)19-15(21)13-8-9-25-16(13)18-14(20)11-6-5-7-12(10-11)24-4-2/h5-10H,3-4H2,1-2H3,(H,18,20)(H,19,21,22). The summed E-state index contributed by atoms with van der Waals surface area (Å²) in [5.41, 5.74) is 0.717. The number of thioether (sulfide) groups is 1. The van der Waals surface area contributed by atoms with Gasteiger partial charge in [0.15, 0.2) is 0 Å². The van der Waals surface area contributed by atoms with Crippen molar-refractivity contribution in [3.8, 4) is 0 Å². The molecule has 0 saturated heterocycles. The zero-order valence-corrected chi connectivity index (χ0v) is 15.5. The van der Waals surface area contributed by atoms with Crippen LogP contribution < -0.4 is 10.6 Å². The Labute approximate surface area is 154 Å². The number of imide groups is 1. The molecular formula is C17H18N2O4S2. The predicted octanol–water partition coefficient (Wildman–Crippen LogP) is 4.00. The van der Waals surface area contributed by atoms with Crippen molar-refractivity contribution in [3.63, 3.8) is 0 Å². The molecule has 0 spiro atoms. The Morgan fingerprint density at radius 2 is 1.96 bits per heavy atom. The van der Waals surface area contributed by atoms with Gasteiger partial charge in [0.05, 0.1) is 12.2 Å². The van der Waals surface area contributed by atoms with Gasteiger partial charge >= 0.3 is 6.09 Å². The van der Waals surface area contributed by atoms with Gasteiger partial charge in [0.25, 0.3) is 11.8 Å². The molecule has 1 aromatic heterocycles. The maximum atomic E-state index is 12.4. The molecule has 2 aromatic rings. The van der Waals surface area contributed by atoms with E-state index in [4.69, 9.17) is 0 Å². The second kappa shape index (κ2) is 9.24. The Bertz CT molecular complexity index is 774. The predicted molar refractivity (Wildman–Crippen MR) is 99.6 cm³/mol. The third-order valence-corrected chi connectivity index (χ3v) is 4.74. The summed E-state index contributed by atoms with van der Waals surface area (Å²) in [7, 11) is 0. The van der Waals surface area contributed by atoms with Gasteiger partial charge in [-0.25, -0.2) is 4.79 Å². The van der Waals surface area contributed by atoms with Crippen molar-refractivity contribution < 1.29 is 19.1 Å². The highest BCUT2D eigenvalue weighted by atomic mass is 32.2. The van der Waals surface area contributed by atoms with E-state index in [1.165, 1.54) is 17.4 Å². The van der Waals surface area contributed by atoms with Gasteiger partial charge in [0, 0.05) is 10.5 Å². The van der Waals surface area contributed by atoms with Crippen molar-refractivity contribution in [1.82, 2.24) is 5.32 Å². The molecule has 0 aliphatic carbocycles. The molecule has 0 bridgehead atoms. The van der Waals surface area contributed by atoms with Crippen LogP contribution in [-0.2, 0) is 4.74 Å². The molecule has 3 amide bonds. The maximum absolute atomic E-state index is 12.4. The summed E-state index contributed by atoms with van der Waals surface area (Å²) in [5, 5.41) is 6.88. The number of benzene rings is 1. The molecule has 1 aromatic carbocycles. The number of alkyl carbamates (subject to hydrolysis) is 1. The molecule has 8 heteroatoms. The van der Waals surface area contributed by atoms with Crippen LogP contribution in [0.15, 0.2) is 40.6 Å². The summed E-state index contributed by atoms with van der Waals surface area (Å²) < 4.78 is 4.68. The van der Waals surface area contributed by atoms with Crippen molar-refractivity contribution in [2.75, 3.05) is 17.7 Å². The molecule has 1 heterocycles. The average Bonchev–Trinajstić information content (AvgIpc) is 3.04. The Morgan fingerprint density at radius 3 is 2.68 bits per heavy atom. The van der Waals surface area contributed by atoms with Crippen molar-refractivity contribution in [3.05, 3.63) is 46.8 Å². The largest absolute Gasteiger partial charge is 0.450 e. The van der Waals surface area contributed by atoms with Crippen LogP contribution in [0.2, 0.25) is 0 Å². The number of amides is 3. The minimum atomic E-state index is -0.819. The summed E-state index contributed by atoms with van der Waals surface area (Å²) >= 11 is 2.85. The van der Waals surface area contributed by atoms with Crippen LogP contribution in [0.25, 0.3) is 0 Å². The fraction of sp³-hybridized carbons (Fsp3) is 0.235. The van der Waals surface area contributed by atoms with Gasteiger partial charge in [0.1, 0.15) is 5.00 Å². The molecule has 2 N–H and O–H groups in total. The molecule has 132 valence electrons. The van der Waals surface area contributed by atoms with Gasteiger partial charge in [-0.3, -0.25) is 14.9 Å². The van der Waals surface area contributed by atoms with Gasteiger partial charge in [-0.05, 0) is 42.3 Å². The van der Waals surface area contributed by atoms with E-state index in [1.54, 1.807) is 36.2 Å². The third kappa shape index (κ3) is 5.33. The quantitative estimate of drug-likeness (QED) is 0.742. The fourth-order valence-corrected chi connectivity index (χ4v) is 3.48. The van der Waals surface area contributed by atoms with E-state index in [-0.39, 0.29) is 18.1 Å². The normalized spacial score (nSPS) is 10.2. The summed E-state index contributed by atoms with van der Waals surface area (Å²) in [6.45, 7) is 3.85. The van der Waals surface area contributed by atoms with Gasteiger partial charge in [0.2, 0.25) is 0 Å². The lowest BCUT2D eigenvalue weighted by Crippen LogP contribution is -2.31. The Morgan fingerprint density at radius 1 is 1.16 bits per heavy atom. The van der Waals surface area contributed by atoms with E-state index >= 15 is 0 Å². The van der Waals surface area contributed by atoms with E-state index in [0.29, 0.717) is 10.6 Å². The van der Waals surface area contributed by atoms with Gasteiger partial charge in [-0.2, -0.15) is 0 Å². The fourth-order valence-electron chi connectivity index (χ4n) is 1.98. The van der Waals surface area contributed by atoms with Crippen molar-refractivity contribution >= 4 is 46.0 Å². The highest BCUT2D eigenvalue weighted by molar-refractivity contribution is 7.99. The lowest BCUT2D eigenvalue weighted by atomic mass is 10.2. The number of carbonyl (C=O) groups excluding carboxylic acids is 3. The molecule has 25 heavy (non-hydrogen) atoms. The van der Waals surface area contributed by atoms with Crippen LogP contribution in [0.3, 0.4) is 0 Å². The number of nitrogens with one attached hydrogen (secondary N) is 2. The molecule has 0 radical (unpaired) electrons. The molecule has 0 unspecified atom stereocenters.